The Bertz CT molecular complexity index is 576. The molecule has 0 atom stereocenters. The number of aromatic nitrogens is 1. The van der Waals surface area contributed by atoms with Crippen LogP contribution in [-0.4, -0.2) is 9.97 Å². The van der Waals surface area contributed by atoms with Gasteiger partial charge in [-0.2, -0.15) is 0 Å². The third kappa shape index (κ3) is 2.84. The van der Waals surface area contributed by atoms with Crippen molar-refractivity contribution in [2.75, 3.05) is 5.32 Å². The molecule has 1 heterocycles. The second-order valence-electron chi connectivity index (χ2n) is 4.15. The largest absolute Gasteiger partial charge is 0.389 e. The minimum absolute atomic E-state index is 0.412. The van der Waals surface area contributed by atoms with Crippen molar-refractivity contribution in [1.82, 2.24) is 4.98 Å². The summed E-state index contributed by atoms with van der Waals surface area (Å²) in [6.45, 7) is 3.96. The van der Waals surface area contributed by atoms with Crippen LogP contribution in [0.4, 0.5) is 11.4 Å². The lowest BCUT2D eigenvalue weighted by molar-refractivity contribution is 1.12. The number of anilines is 2. The van der Waals surface area contributed by atoms with Gasteiger partial charge >= 0.3 is 0 Å². The molecular formula is C14H15N3S. The van der Waals surface area contributed by atoms with Crippen LogP contribution in [0.3, 0.4) is 0 Å². The molecule has 0 aliphatic heterocycles. The molecule has 2 rings (SSSR count). The van der Waals surface area contributed by atoms with Crippen LogP contribution >= 0.6 is 12.2 Å². The molecule has 0 saturated carbocycles. The van der Waals surface area contributed by atoms with E-state index >= 15 is 0 Å². The molecule has 0 aliphatic carbocycles. The monoisotopic (exact) mass is 257 g/mol. The van der Waals surface area contributed by atoms with Gasteiger partial charge in [0.2, 0.25) is 0 Å². The number of aryl methyl sites for hydroxylation is 2. The van der Waals surface area contributed by atoms with Gasteiger partial charge < -0.3 is 11.1 Å². The van der Waals surface area contributed by atoms with Crippen LogP contribution in [-0.2, 0) is 0 Å². The molecule has 0 amide bonds. The Kier molecular flexibility index (Phi) is 3.58. The molecular weight excluding hydrogens is 242 g/mol. The van der Waals surface area contributed by atoms with E-state index in [9.17, 15) is 0 Å². The minimum Gasteiger partial charge on any atom is -0.389 e. The van der Waals surface area contributed by atoms with Gasteiger partial charge in [-0.25, -0.2) is 0 Å². The molecule has 0 spiro atoms. The molecule has 0 saturated heterocycles. The van der Waals surface area contributed by atoms with E-state index in [0.717, 1.165) is 28.3 Å². The fourth-order valence-corrected chi connectivity index (χ4v) is 1.83. The molecule has 3 N–H and O–H groups in total. The average Bonchev–Trinajstić information content (AvgIpc) is 2.33. The van der Waals surface area contributed by atoms with E-state index in [1.807, 2.05) is 50.2 Å². The van der Waals surface area contributed by atoms with Crippen LogP contribution in [0.5, 0.6) is 0 Å². The maximum Gasteiger partial charge on any atom is 0.103 e. The third-order valence-electron chi connectivity index (χ3n) is 2.67. The standard InChI is InChI=1S/C14H15N3S/c1-9-3-8-13(10(2)16-9)17-12-6-4-11(5-7-12)14(15)18/h3-8,17H,1-2H3,(H2,15,18). The van der Waals surface area contributed by atoms with Crippen LogP contribution in [0, 0.1) is 13.8 Å². The van der Waals surface area contributed by atoms with Gasteiger partial charge in [-0.05, 0) is 50.2 Å². The number of hydrogen-bond acceptors (Lipinski definition) is 3. The van der Waals surface area contributed by atoms with Gasteiger partial charge in [0.15, 0.2) is 0 Å². The predicted molar refractivity (Wildman–Crippen MR) is 79.3 cm³/mol. The molecule has 0 aliphatic rings. The van der Waals surface area contributed by atoms with Crippen LogP contribution in [0.15, 0.2) is 36.4 Å². The lowest BCUT2D eigenvalue weighted by Gasteiger charge is -2.10. The number of hydrogen-bond donors (Lipinski definition) is 2. The van der Waals surface area contributed by atoms with Crippen molar-refractivity contribution in [2.45, 2.75) is 13.8 Å². The number of nitrogens with two attached hydrogens (primary N) is 1. The Morgan fingerprint density at radius 3 is 2.33 bits per heavy atom. The van der Waals surface area contributed by atoms with Crippen LogP contribution in [0.25, 0.3) is 0 Å². The molecule has 0 radical (unpaired) electrons. The summed E-state index contributed by atoms with van der Waals surface area (Å²) in [5.74, 6) is 0. The smallest absolute Gasteiger partial charge is 0.103 e. The van der Waals surface area contributed by atoms with Gasteiger partial charge in [-0.3, -0.25) is 4.98 Å². The quantitative estimate of drug-likeness (QED) is 0.830. The third-order valence-corrected chi connectivity index (χ3v) is 2.91. The maximum atomic E-state index is 5.56. The molecule has 0 unspecified atom stereocenters. The Morgan fingerprint density at radius 1 is 1.11 bits per heavy atom. The number of nitrogens with zero attached hydrogens (tertiary/aromatic N) is 1. The fourth-order valence-electron chi connectivity index (χ4n) is 1.69. The van der Waals surface area contributed by atoms with Gasteiger partial charge in [0.1, 0.15) is 4.99 Å². The second-order valence-corrected chi connectivity index (χ2v) is 4.59. The Morgan fingerprint density at radius 2 is 1.78 bits per heavy atom. The van der Waals surface area contributed by atoms with E-state index in [2.05, 4.69) is 10.3 Å². The van der Waals surface area contributed by atoms with Gasteiger partial charge in [0.25, 0.3) is 0 Å². The topological polar surface area (TPSA) is 50.9 Å². The second kappa shape index (κ2) is 5.14. The van der Waals surface area contributed by atoms with E-state index in [-0.39, 0.29) is 0 Å². The summed E-state index contributed by atoms with van der Waals surface area (Å²) in [5, 5.41) is 3.32. The zero-order chi connectivity index (χ0) is 13.1. The van der Waals surface area contributed by atoms with Crippen molar-refractivity contribution in [2.24, 2.45) is 5.73 Å². The van der Waals surface area contributed by atoms with Crippen LogP contribution < -0.4 is 11.1 Å². The average molecular weight is 257 g/mol. The maximum absolute atomic E-state index is 5.56. The minimum atomic E-state index is 0.412. The summed E-state index contributed by atoms with van der Waals surface area (Å²) in [7, 11) is 0. The lowest BCUT2D eigenvalue weighted by Crippen LogP contribution is -2.08. The normalized spacial score (nSPS) is 10.1. The van der Waals surface area contributed by atoms with Gasteiger partial charge in [-0.1, -0.05) is 12.2 Å². The van der Waals surface area contributed by atoms with E-state index in [4.69, 9.17) is 18.0 Å². The first-order valence-corrected chi connectivity index (χ1v) is 6.08. The summed E-state index contributed by atoms with van der Waals surface area (Å²) in [6.07, 6.45) is 0. The van der Waals surface area contributed by atoms with Crippen LogP contribution in [0.2, 0.25) is 0 Å². The van der Waals surface area contributed by atoms with Gasteiger partial charge in [0.05, 0.1) is 11.4 Å². The van der Waals surface area contributed by atoms with E-state index in [1.165, 1.54) is 0 Å². The van der Waals surface area contributed by atoms with Crippen molar-refractivity contribution in [3.05, 3.63) is 53.3 Å². The molecule has 0 bridgehead atoms. The van der Waals surface area contributed by atoms with Crippen molar-refractivity contribution in [3.8, 4) is 0 Å². The summed E-state index contributed by atoms with van der Waals surface area (Å²) in [5.41, 5.74) is 10.4. The Labute approximate surface area is 112 Å². The zero-order valence-electron chi connectivity index (χ0n) is 10.4. The fraction of sp³-hybridized carbons (Fsp3) is 0.143. The first-order valence-electron chi connectivity index (χ1n) is 5.67. The van der Waals surface area contributed by atoms with E-state index in [0.29, 0.717) is 4.99 Å². The van der Waals surface area contributed by atoms with Crippen LogP contribution in [0.1, 0.15) is 17.0 Å². The lowest BCUT2D eigenvalue weighted by atomic mass is 10.2. The first-order chi connectivity index (χ1) is 8.56. The molecule has 0 fully saturated rings. The highest BCUT2D eigenvalue weighted by Crippen LogP contribution is 2.19. The summed E-state index contributed by atoms with van der Waals surface area (Å²) in [4.78, 5) is 4.82. The SMILES string of the molecule is Cc1ccc(Nc2ccc(C(N)=S)cc2)c(C)n1. The summed E-state index contributed by atoms with van der Waals surface area (Å²) in [6, 6.07) is 11.7. The van der Waals surface area contributed by atoms with E-state index < -0.39 is 0 Å². The highest BCUT2D eigenvalue weighted by atomic mass is 32.1. The first kappa shape index (κ1) is 12.5. The molecule has 2 aromatic rings. The molecule has 3 nitrogen and oxygen atoms in total. The number of benzene rings is 1. The summed E-state index contributed by atoms with van der Waals surface area (Å²) >= 11 is 4.92. The zero-order valence-corrected chi connectivity index (χ0v) is 11.2. The highest BCUT2D eigenvalue weighted by molar-refractivity contribution is 7.80. The Balaban J connectivity index is 2.21. The highest BCUT2D eigenvalue weighted by Gasteiger charge is 2.01. The van der Waals surface area contributed by atoms with Crippen molar-refractivity contribution < 1.29 is 0 Å². The molecule has 1 aromatic heterocycles. The number of rotatable bonds is 3. The Hall–Kier alpha value is -1.94. The van der Waals surface area contributed by atoms with Crippen molar-refractivity contribution in [1.29, 1.82) is 0 Å². The molecule has 1 aromatic carbocycles. The number of nitrogens with one attached hydrogen (secondary N) is 1. The van der Waals surface area contributed by atoms with Crippen molar-refractivity contribution in [3.63, 3.8) is 0 Å². The summed E-state index contributed by atoms with van der Waals surface area (Å²) < 4.78 is 0. The molecule has 18 heavy (non-hydrogen) atoms. The van der Waals surface area contributed by atoms with Gasteiger partial charge in [0, 0.05) is 16.9 Å². The van der Waals surface area contributed by atoms with Gasteiger partial charge in [-0.15, -0.1) is 0 Å². The molecule has 4 heteroatoms. The predicted octanol–water partition coefficient (Wildman–Crippen LogP) is 3.08. The van der Waals surface area contributed by atoms with E-state index in [1.54, 1.807) is 0 Å². The van der Waals surface area contributed by atoms with Crippen molar-refractivity contribution >= 4 is 28.6 Å². The number of pyridine rings is 1. The molecule has 92 valence electrons. The number of thiocarbonyl (C=S) groups is 1.